The summed E-state index contributed by atoms with van der Waals surface area (Å²) in [6.45, 7) is 0. The van der Waals surface area contributed by atoms with Crippen molar-refractivity contribution < 1.29 is 21.2 Å². The van der Waals surface area contributed by atoms with Crippen LogP contribution in [-0.2, 0) is 9.59 Å². The van der Waals surface area contributed by atoms with Crippen molar-refractivity contribution in [3.8, 4) is 0 Å². The largest absolute Gasteiger partial charge is 0.478 e. The third kappa shape index (κ3) is 3.39. The summed E-state index contributed by atoms with van der Waals surface area (Å²) in [6, 6.07) is 4.67. The fraction of sp³-hybridized carbons (Fsp3) is 0.125. The van der Waals surface area contributed by atoms with E-state index in [0.717, 1.165) is 5.56 Å². The molecular formula is C16H15NO4. The maximum atomic E-state index is 11.2. The molecule has 2 N–H and O–H groups in total. The first-order chi connectivity index (χ1) is 10.4. The van der Waals surface area contributed by atoms with Gasteiger partial charge in [0.05, 0.1) is 13.0 Å². The minimum absolute atomic E-state index is 0.0243. The van der Waals surface area contributed by atoms with Crippen LogP contribution >= 0.6 is 0 Å². The molecule has 0 spiro atoms. The summed E-state index contributed by atoms with van der Waals surface area (Å²) in [7, 11) is 1.90. The summed E-state index contributed by atoms with van der Waals surface area (Å²) in [5.74, 6) is -2.73. The predicted molar refractivity (Wildman–Crippen MR) is 78.5 cm³/mol. The van der Waals surface area contributed by atoms with E-state index in [2.05, 4.69) is 0 Å². The number of nitrogens with zero attached hydrogens (tertiary/aromatic N) is 1. The topological polar surface area (TPSA) is 77.8 Å². The van der Waals surface area contributed by atoms with E-state index in [9.17, 15) is 9.59 Å². The maximum Gasteiger partial charge on any atom is 0.336 e. The van der Waals surface area contributed by atoms with E-state index in [-0.39, 0.29) is 17.6 Å². The van der Waals surface area contributed by atoms with Crippen molar-refractivity contribution in [2.75, 3.05) is 7.05 Å². The first-order valence-corrected chi connectivity index (χ1v) is 6.26. The van der Waals surface area contributed by atoms with Crippen molar-refractivity contribution in [2.45, 2.75) is 6.04 Å². The Balaban J connectivity index is 2.42. The Labute approximate surface area is 123 Å². The van der Waals surface area contributed by atoms with E-state index in [4.69, 9.17) is 11.6 Å². The Morgan fingerprint density at radius 2 is 2.05 bits per heavy atom. The molecule has 1 aliphatic heterocycles. The van der Waals surface area contributed by atoms with E-state index in [0.29, 0.717) is 6.08 Å². The van der Waals surface area contributed by atoms with E-state index >= 15 is 0 Å². The van der Waals surface area contributed by atoms with Crippen molar-refractivity contribution >= 4 is 17.5 Å². The van der Waals surface area contributed by atoms with Gasteiger partial charge in [0.15, 0.2) is 0 Å². The Morgan fingerprint density at radius 1 is 1.29 bits per heavy atom. The molecule has 0 bridgehead atoms. The highest BCUT2D eigenvalue weighted by molar-refractivity contribution is 6.19. The predicted octanol–water partition coefficient (Wildman–Crippen LogP) is 2.30. The van der Waals surface area contributed by atoms with E-state index < -0.39 is 17.5 Å². The number of carbonyl (C=O) groups is 2. The highest BCUT2D eigenvalue weighted by atomic mass is 16.4. The molecule has 1 unspecified atom stereocenters. The first kappa shape index (κ1) is 13.2. The van der Waals surface area contributed by atoms with Crippen LogP contribution in [0.1, 0.15) is 18.5 Å². The Bertz CT molecular complexity index is 706. The van der Waals surface area contributed by atoms with Crippen LogP contribution in [0.4, 0.5) is 0 Å². The van der Waals surface area contributed by atoms with E-state index in [1.807, 2.05) is 36.4 Å². The average molecular weight is 286 g/mol. The standard InChI is InChI=1S/C16H15NO4/c1-17-9-3-2-4-14(17)12-7-5-11(6-8-12)13(16(20)21)10-15(18)19/h2-10,14H,1H3,(H,18,19)(H,20,21)/b13-10-/i5D. The minimum atomic E-state index is -1.37. The van der Waals surface area contributed by atoms with Gasteiger partial charge in [0, 0.05) is 13.1 Å². The quantitative estimate of drug-likeness (QED) is 0.830. The molecule has 5 nitrogen and oxygen atoms in total. The molecule has 0 aromatic heterocycles. The highest BCUT2D eigenvalue weighted by Crippen LogP contribution is 2.25. The third-order valence-corrected chi connectivity index (χ3v) is 3.13. The number of benzene rings is 1. The third-order valence-electron chi connectivity index (χ3n) is 3.13. The molecule has 0 aliphatic carbocycles. The summed E-state index contributed by atoms with van der Waals surface area (Å²) in [6.07, 6.45) is 8.25. The van der Waals surface area contributed by atoms with Gasteiger partial charge in [-0.2, -0.15) is 0 Å². The molecule has 1 atom stereocenters. The molecular weight excluding hydrogens is 270 g/mol. The Hall–Kier alpha value is -2.82. The van der Waals surface area contributed by atoms with Crippen LogP contribution in [0.3, 0.4) is 0 Å². The van der Waals surface area contributed by atoms with Gasteiger partial charge >= 0.3 is 11.9 Å². The number of rotatable bonds is 4. The van der Waals surface area contributed by atoms with Crippen LogP contribution in [0.5, 0.6) is 0 Å². The first-order valence-electron chi connectivity index (χ1n) is 6.76. The molecule has 0 fully saturated rings. The van der Waals surface area contributed by atoms with Gasteiger partial charge in [0.2, 0.25) is 0 Å². The van der Waals surface area contributed by atoms with Crippen LogP contribution in [0.25, 0.3) is 5.57 Å². The number of carboxylic acids is 2. The normalized spacial score (nSPS) is 18.5. The van der Waals surface area contributed by atoms with Crippen molar-refractivity contribution in [3.05, 3.63) is 65.9 Å². The number of likely N-dealkylation sites (N-methyl/N-ethyl adjacent to an activating group) is 1. The van der Waals surface area contributed by atoms with Crippen LogP contribution in [0, 0.1) is 0 Å². The van der Waals surface area contributed by atoms with Gasteiger partial charge < -0.3 is 15.1 Å². The molecule has 1 aromatic carbocycles. The van der Waals surface area contributed by atoms with Crippen LogP contribution < -0.4 is 0 Å². The lowest BCUT2D eigenvalue weighted by Crippen LogP contribution is -2.18. The lowest BCUT2D eigenvalue weighted by atomic mass is 9.99. The zero-order chi connectivity index (χ0) is 16.3. The minimum Gasteiger partial charge on any atom is -0.478 e. The van der Waals surface area contributed by atoms with E-state index in [1.165, 1.54) is 6.07 Å². The Kier molecular flexibility index (Phi) is 3.82. The molecule has 0 radical (unpaired) electrons. The second-order valence-corrected chi connectivity index (χ2v) is 4.57. The monoisotopic (exact) mass is 286 g/mol. The van der Waals surface area contributed by atoms with Crippen LogP contribution in [-0.4, -0.2) is 34.1 Å². The van der Waals surface area contributed by atoms with Crippen molar-refractivity contribution in [1.29, 1.82) is 0 Å². The molecule has 1 aromatic rings. The summed E-state index contributed by atoms with van der Waals surface area (Å²) in [5.41, 5.74) is 0.505. The van der Waals surface area contributed by atoms with Gasteiger partial charge in [-0.1, -0.05) is 36.4 Å². The second kappa shape index (κ2) is 6.09. The molecule has 5 heteroatoms. The maximum absolute atomic E-state index is 11.2. The summed E-state index contributed by atoms with van der Waals surface area (Å²) in [4.78, 5) is 23.9. The van der Waals surface area contributed by atoms with E-state index in [1.54, 1.807) is 12.1 Å². The summed E-state index contributed by atoms with van der Waals surface area (Å²) < 4.78 is 8.01. The molecule has 0 saturated carbocycles. The number of hydrogen-bond donors (Lipinski definition) is 2. The second-order valence-electron chi connectivity index (χ2n) is 4.57. The number of hydrogen-bond acceptors (Lipinski definition) is 3. The van der Waals surface area contributed by atoms with Crippen LogP contribution in [0.15, 0.2) is 54.7 Å². The summed E-state index contributed by atoms with van der Waals surface area (Å²) in [5, 5.41) is 17.9. The highest BCUT2D eigenvalue weighted by Gasteiger charge is 2.15. The molecule has 1 aliphatic rings. The van der Waals surface area contributed by atoms with Crippen molar-refractivity contribution in [2.24, 2.45) is 0 Å². The smallest absolute Gasteiger partial charge is 0.336 e. The fourth-order valence-corrected chi connectivity index (χ4v) is 2.10. The van der Waals surface area contributed by atoms with Gasteiger partial charge in [0.25, 0.3) is 0 Å². The van der Waals surface area contributed by atoms with Crippen molar-refractivity contribution in [1.82, 2.24) is 4.90 Å². The van der Waals surface area contributed by atoms with Gasteiger partial charge in [-0.05, 0) is 23.4 Å². The molecule has 21 heavy (non-hydrogen) atoms. The SMILES string of the molecule is [2H]c1cc(C2C=CC=CN2C)ccc1/C(=C/C(=O)O)C(=O)O. The lowest BCUT2D eigenvalue weighted by Gasteiger charge is -2.26. The zero-order valence-electron chi connectivity index (χ0n) is 12.4. The zero-order valence-corrected chi connectivity index (χ0v) is 11.4. The van der Waals surface area contributed by atoms with Crippen LogP contribution in [0.2, 0.25) is 0 Å². The Morgan fingerprint density at radius 3 is 2.62 bits per heavy atom. The molecule has 1 heterocycles. The molecule has 0 saturated heterocycles. The number of allylic oxidation sites excluding steroid dienone is 2. The molecule has 0 amide bonds. The van der Waals surface area contributed by atoms with Gasteiger partial charge in [-0.15, -0.1) is 0 Å². The number of carboxylic acid groups (broad SMARTS) is 2. The lowest BCUT2D eigenvalue weighted by molar-refractivity contribution is -0.133. The molecule has 108 valence electrons. The average Bonchev–Trinajstić information content (AvgIpc) is 2.45. The molecule has 2 rings (SSSR count). The van der Waals surface area contributed by atoms with Gasteiger partial charge in [0.1, 0.15) is 0 Å². The van der Waals surface area contributed by atoms with Crippen molar-refractivity contribution in [3.63, 3.8) is 0 Å². The fourth-order valence-electron chi connectivity index (χ4n) is 2.10. The number of aliphatic carboxylic acids is 2. The summed E-state index contributed by atoms with van der Waals surface area (Å²) >= 11 is 0. The van der Waals surface area contributed by atoms with Gasteiger partial charge in [-0.3, -0.25) is 0 Å². The van der Waals surface area contributed by atoms with Gasteiger partial charge in [-0.25, -0.2) is 9.59 Å².